The van der Waals surface area contributed by atoms with Crippen LogP contribution in [-0.2, 0) is 0 Å². The molecule has 0 saturated carbocycles. The van der Waals surface area contributed by atoms with E-state index in [9.17, 15) is 0 Å². The number of hydrogen-bond donors (Lipinski definition) is 0. The highest BCUT2D eigenvalue weighted by atomic mass is 15.1. The minimum Gasteiger partial charge on any atom is -0.378 e. The van der Waals surface area contributed by atoms with E-state index in [0.29, 0.717) is 0 Å². The average molecular weight is 527 g/mol. The molecule has 0 atom stereocenters. The van der Waals surface area contributed by atoms with Gasteiger partial charge in [0.05, 0.1) is 34.1 Å². The summed E-state index contributed by atoms with van der Waals surface area (Å²) in [5.74, 6) is 0. The van der Waals surface area contributed by atoms with Crippen molar-refractivity contribution in [2.24, 2.45) is 20.5 Å². The summed E-state index contributed by atoms with van der Waals surface area (Å²) in [6.45, 7) is 0. The fourth-order valence-corrected chi connectivity index (χ4v) is 3.94. The maximum absolute atomic E-state index is 4.47. The second-order valence-corrected chi connectivity index (χ2v) is 9.60. The third kappa shape index (κ3) is 6.60. The number of nitrogens with zero attached hydrogens (tertiary/aromatic N) is 8. The van der Waals surface area contributed by atoms with Crippen molar-refractivity contribution in [1.29, 1.82) is 0 Å². The van der Waals surface area contributed by atoms with Crippen LogP contribution in [0.1, 0.15) is 0 Å². The molecule has 0 N–H and O–H groups in total. The lowest BCUT2D eigenvalue weighted by atomic mass is 10.1. The van der Waals surface area contributed by atoms with Gasteiger partial charge in [0.15, 0.2) is 0 Å². The van der Waals surface area contributed by atoms with E-state index in [-0.39, 0.29) is 0 Å². The van der Waals surface area contributed by atoms with Gasteiger partial charge < -0.3 is 9.80 Å². The Hall–Kier alpha value is -5.24. The average Bonchev–Trinajstić information content (AvgIpc) is 3.00. The van der Waals surface area contributed by atoms with Crippen LogP contribution in [0.3, 0.4) is 0 Å². The van der Waals surface area contributed by atoms with Crippen molar-refractivity contribution in [2.45, 2.75) is 0 Å². The van der Waals surface area contributed by atoms with E-state index in [0.717, 1.165) is 56.6 Å². The first-order chi connectivity index (χ1) is 19.4. The predicted octanol–water partition coefficient (Wildman–Crippen LogP) is 8.77. The lowest BCUT2D eigenvalue weighted by Gasteiger charge is -2.11. The summed E-state index contributed by atoms with van der Waals surface area (Å²) in [4.78, 5) is 13.0. The molecule has 0 aliphatic carbocycles. The van der Waals surface area contributed by atoms with E-state index in [1.807, 2.05) is 141 Å². The Bertz CT molecular complexity index is 1480. The van der Waals surface area contributed by atoms with Gasteiger partial charge in [-0.15, -0.1) is 0 Å². The van der Waals surface area contributed by atoms with Crippen molar-refractivity contribution < 1.29 is 0 Å². The van der Waals surface area contributed by atoms with Crippen LogP contribution in [0.15, 0.2) is 130 Å². The normalized spacial score (nSPS) is 11.3. The van der Waals surface area contributed by atoms with Crippen LogP contribution in [0, 0.1) is 0 Å². The third-order valence-corrected chi connectivity index (χ3v) is 6.29. The molecule has 0 bridgehead atoms. The van der Waals surface area contributed by atoms with Crippen molar-refractivity contribution in [2.75, 3.05) is 38.0 Å². The van der Waals surface area contributed by atoms with Gasteiger partial charge >= 0.3 is 0 Å². The number of rotatable bonds is 8. The summed E-state index contributed by atoms with van der Waals surface area (Å²) in [7, 11) is 8.04. The number of hydrogen-bond acceptors (Lipinski definition) is 8. The molecule has 40 heavy (non-hydrogen) atoms. The number of anilines is 2. The van der Waals surface area contributed by atoms with Crippen molar-refractivity contribution in [3.63, 3.8) is 0 Å². The first-order valence-electron chi connectivity index (χ1n) is 12.9. The summed E-state index contributed by atoms with van der Waals surface area (Å²) in [6, 6.07) is 33.6. The monoisotopic (exact) mass is 526 g/mol. The molecule has 0 radical (unpaired) electrons. The van der Waals surface area contributed by atoms with Crippen LogP contribution in [0.4, 0.5) is 34.1 Å². The van der Waals surface area contributed by atoms with Crippen molar-refractivity contribution in [3.8, 4) is 22.5 Å². The lowest BCUT2D eigenvalue weighted by Crippen LogP contribution is -2.07. The number of benzene rings is 4. The SMILES string of the molecule is CN(C)c1ccc(N=Nc2ccc(-c3cc(-c4ccc(N=Nc5ccc(N(C)C)cc5)cc4)ncn3)cc2)cc1. The van der Waals surface area contributed by atoms with Crippen molar-refractivity contribution in [1.82, 2.24) is 9.97 Å². The first kappa shape index (κ1) is 26.4. The minimum absolute atomic E-state index is 0.771. The molecule has 0 unspecified atom stereocenters. The Labute approximate surface area is 234 Å². The molecule has 8 heteroatoms. The standard InChI is InChI=1S/C32H30N8/c1-39(2)29-17-13-27(14-18-29)37-35-25-9-5-23(6-10-25)31-21-32(34-22-33-31)24-7-11-26(12-8-24)36-38-28-15-19-30(20-16-28)40(3)4/h5-22H,1-4H3. The quantitative estimate of drug-likeness (QED) is 0.189. The molecule has 198 valence electrons. The van der Waals surface area contributed by atoms with Gasteiger partial charge in [0, 0.05) is 50.7 Å². The summed E-state index contributed by atoms with van der Waals surface area (Å²) in [5, 5.41) is 17.4. The number of azo groups is 2. The second-order valence-electron chi connectivity index (χ2n) is 9.60. The fourth-order valence-electron chi connectivity index (χ4n) is 3.94. The van der Waals surface area contributed by atoms with E-state index in [1.54, 1.807) is 6.33 Å². The summed E-state index contributed by atoms with van der Waals surface area (Å²) >= 11 is 0. The highest BCUT2D eigenvalue weighted by Gasteiger charge is 2.05. The van der Waals surface area contributed by atoms with Crippen LogP contribution in [-0.4, -0.2) is 38.2 Å². The Morgan fingerprint density at radius 1 is 0.425 bits per heavy atom. The van der Waals surface area contributed by atoms with E-state index in [2.05, 4.69) is 30.4 Å². The zero-order valence-electron chi connectivity index (χ0n) is 23.0. The first-order valence-corrected chi connectivity index (χ1v) is 12.9. The zero-order chi connectivity index (χ0) is 27.9. The summed E-state index contributed by atoms with van der Waals surface area (Å²) in [5.41, 5.74) is 9.01. The van der Waals surface area contributed by atoms with Gasteiger partial charge in [-0.3, -0.25) is 0 Å². The molecule has 8 nitrogen and oxygen atoms in total. The van der Waals surface area contributed by atoms with Gasteiger partial charge in [-0.2, -0.15) is 20.5 Å². The maximum atomic E-state index is 4.47. The summed E-state index contributed by atoms with van der Waals surface area (Å²) < 4.78 is 0. The van der Waals surface area contributed by atoms with Gasteiger partial charge in [-0.05, 0) is 78.9 Å². The Morgan fingerprint density at radius 2 is 0.725 bits per heavy atom. The molecule has 0 aliphatic heterocycles. The second kappa shape index (κ2) is 12.1. The molecule has 1 aromatic heterocycles. The third-order valence-electron chi connectivity index (χ3n) is 6.29. The molecule has 0 aliphatic rings. The minimum atomic E-state index is 0.771. The topological polar surface area (TPSA) is 81.7 Å². The van der Waals surface area contributed by atoms with E-state index in [4.69, 9.17) is 0 Å². The van der Waals surface area contributed by atoms with Gasteiger partial charge in [-0.25, -0.2) is 9.97 Å². The van der Waals surface area contributed by atoms with Crippen LogP contribution in [0.2, 0.25) is 0 Å². The van der Waals surface area contributed by atoms with Gasteiger partial charge in [0.25, 0.3) is 0 Å². The van der Waals surface area contributed by atoms with E-state index < -0.39 is 0 Å². The molecule has 0 spiro atoms. The molecular formula is C32H30N8. The highest BCUT2D eigenvalue weighted by molar-refractivity contribution is 5.69. The maximum Gasteiger partial charge on any atom is 0.116 e. The zero-order valence-corrected chi connectivity index (χ0v) is 23.0. The highest BCUT2D eigenvalue weighted by Crippen LogP contribution is 2.28. The summed E-state index contributed by atoms with van der Waals surface area (Å²) in [6.07, 6.45) is 1.58. The van der Waals surface area contributed by atoms with Crippen molar-refractivity contribution >= 4 is 34.1 Å². The molecule has 1 heterocycles. The van der Waals surface area contributed by atoms with Crippen molar-refractivity contribution in [3.05, 3.63) is 109 Å². The molecule has 5 rings (SSSR count). The smallest absolute Gasteiger partial charge is 0.116 e. The van der Waals surface area contributed by atoms with Gasteiger partial charge in [0.2, 0.25) is 0 Å². The molecular weight excluding hydrogens is 496 g/mol. The van der Waals surface area contributed by atoms with Crippen LogP contribution in [0.5, 0.6) is 0 Å². The predicted molar refractivity (Wildman–Crippen MR) is 163 cm³/mol. The van der Waals surface area contributed by atoms with Crippen LogP contribution < -0.4 is 9.80 Å². The number of aromatic nitrogens is 2. The largest absolute Gasteiger partial charge is 0.378 e. The van der Waals surface area contributed by atoms with Gasteiger partial charge in [-0.1, -0.05) is 24.3 Å². The Kier molecular flexibility index (Phi) is 7.97. The Morgan fingerprint density at radius 3 is 1.02 bits per heavy atom. The molecule has 0 saturated heterocycles. The van der Waals surface area contributed by atoms with Crippen LogP contribution >= 0.6 is 0 Å². The molecule has 4 aromatic carbocycles. The van der Waals surface area contributed by atoms with Crippen LogP contribution in [0.25, 0.3) is 22.5 Å². The van der Waals surface area contributed by atoms with E-state index in [1.165, 1.54) is 0 Å². The molecule has 5 aromatic rings. The van der Waals surface area contributed by atoms with Gasteiger partial charge in [0.1, 0.15) is 6.33 Å². The fraction of sp³-hybridized carbons (Fsp3) is 0.125. The molecule has 0 fully saturated rings. The van der Waals surface area contributed by atoms with E-state index >= 15 is 0 Å². The Balaban J connectivity index is 1.25. The molecule has 0 amide bonds. The lowest BCUT2D eigenvalue weighted by molar-refractivity contribution is 1.13.